The lowest BCUT2D eigenvalue weighted by molar-refractivity contribution is -0.696. The normalized spacial score (nSPS) is 24.1. The minimum atomic E-state index is 0.513. The largest absolute Gasteiger partial charge is 0.340 e. The first-order valence-electron chi connectivity index (χ1n) is 5.95. The van der Waals surface area contributed by atoms with Crippen LogP contribution in [0.2, 0.25) is 0 Å². The van der Waals surface area contributed by atoms with Crippen molar-refractivity contribution >= 4 is 11.6 Å². The molecule has 1 aromatic heterocycles. The molecule has 0 amide bonds. The molecule has 5 nitrogen and oxygen atoms in total. The monoisotopic (exact) mass is 220 g/mol. The zero-order valence-corrected chi connectivity index (χ0v) is 9.61. The van der Waals surface area contributed by atoms with E-state index in [0.717, 1.165) is 38.5 Å². The van der Waals surface area contributed by atoms with E-state index in [1.807, 2.05) is 6.33 Å². The Kier molecular flexibility index (Phi) is 2.40. The van der Waals surface area contributed by atoms with Gasteiger partial charge in [0.25, 0.3) is 0 Å². The topological polar surface area (TPSA) is 44.1 Å². The maximum Gasteiger partial charge on any atom is 0.228 e. The minimum Gasteiger partial charge on any atom is -0.340 e. The van der Waals surface area contributed by atoms with Crippen LogP contribution in [0.15, 0.2) is 12.4 Å². The SMILES string of the molecule is C[C@H]1CNc2cc(N3CCNCC3)nc[n+]21. The van der Waals surface area contributed by atoms with Crippen molar-refractivity contribution in [3.8, 4) is 0 Å². The highest BCUT2D eigenvalue weighted by atomic mass is 15.3. The van der Waals surface area contributed by atoms with Crippen LogP contribution in [-0.2, 0) is 0 Å². The highest BCUT2D eigenvalue weighted by Gasteiger charge is 2.25. The smallest absolute Gasteiger partial charge is 0.228 e. The third-order valence-corrected chi connectivity index (χ3v) is 3.35. The molecule has 1 atom stereocenters. The molecule has 0 saturated carbocycles. The van der Waals surface area contributed by atoms with Crippen LogP contribution in [0, 0.1) is 0 Å². The fourth-order valence-corrected chi connectivity index (χ4v) is 2.33. The van der Waals surface area contributed by atoms with Gasteiger partial charge in [-0.3, -0.25) is 0 Å². The molecule has 3 heterocycles. The number of piperazine rings is 1. The number of fused-ring (bicyclic) bond motifs is 1. The van der Waals surface area contributed by atoms with Crippen molar-refractivity contribution in [2.45, 2.75) is 13.0 Å². The molecule has 0 aromatic carbocycles. The summed E-state index contributed by atoms with van der Waals surface area (Å²) in [6, 6.07) is 2.68. The Morgan fingerprint density at radius 2 is 2.25 bits per heavy atom. The number of hydrogen-bond acceptors (Lipinski definition) is 4. The van der Waals surface area contributed by atoms with Crippen molar-refractivity contribution < 1.29 is 4.57 Å². The summed E-state index contributed by atoms with van der Waals surface area (Å²) in [6.07, 6.45) is 1.96. The standard InChI is InChI=1S/C11H17N5/c1-9-7-13-11-6-10(14-8-16(9)11)15-4-2-12-3-5-15/h6,8-9,12H,2-5,7H2,1H3/p+1/t9-/m0/s1. The fourth-order valence-electron chi connectivity index (χ4n) is 2.33. The van der Waals surface area contributed by atoms with Crippen LogP contribution >= 0.6 is 0 Å². The molecule has 1 aromatic rings. The van der Waals surface area contributed by atoms with Gasteiger partial charge in [0.2, 0.25) is 18.0 Å². The lowest BCUT2D eigenvalue weighted by atomic mass is 10.3. The summed E-state index contributed by atoms with van der Waals surface area (Å²) in [5.74, 6) is 2.28. The maximum absolute atomic E-state index is 4.55. The number of nitrogens with one attached hydrogen (secondary N) is 2. The van der Waals surface area contributed by atoms with E-state index >= 15 is 0 Å². The molecule has 0 bridgehead atoms. The van der Waals surface area contributed by atoms with Crippen molar-refractivity contribution in [2.24, 2.45) is 0 Å². The minimum absolute atomic E-state index is 0.513. The number of aromatic nitrogens is 2. The van der Waals surface area contributed by atoms with Crippen molar-refractivity contribution in [2.75, 3.05) is 42.9 Å². The third kappa shape index (κ3) is 1.61. The van der Waals surface area contributed by atoms with E-state index in [0.29, 0.717) is 6.04 Å². The molecule has 2 N–H and O–H groups in total. The van der Waals surface area contributed by atoms with E-state index in [2.05, 4.69) is 38.1 Å². The molecule has 2 aliphatic rings. The predicted octanol–water partition coefficient (Wildman–Crippen LogP) is -0.235. The van der Waals surface area contributed by atoms with E-state index in [1.54, 1.807) is 0 Å². The predicted molar refractivity (Wildman–Crippen MR) is 62.7 cm³/mol. The summed E-state index contributed by atoms with van der Waals surface area (Å²) >= 11 is 0. The van der Waals surface area contributed by atoms with Crippen molar-refractivity contribution in [3.05, 3.63) is 12.4 Å². The van der Waals surface area contributed by atoms with Crippen LogP contribution in [0.1, 0.15) is 13.0 Å². The molecule has 1 fully saturated rings. The molecule has 0 unspecified atom stereocenters. The van der Waals surface area contributed by atoms with Crippen LogP contribution in [0.25, 0.3) is 0 Å². The van der Waals surface area contributed by atoms with Gasteiger partial charge < -0.3 is 15.5 Å². The van der Waals surface area contributed by atoms with Gasteiger partial charge in [-0.05, 0) is 6.92 Å². The molecule has 5 heteroatoms. The van der Waals surface area contributed by atoms with E-state index in [4.69, 9.17) is 0 Å². The van der Waals surface area contributed by atoms with Gasteiger partial charge in [0.05, 0.1) is 12.6 Å². The van der Waals surface area contributed by atoms with Gasteiger partial charge in [-0.2, -0.15) is 0 Å². The van der Waals surface area contributed by atoms with Crippen LogP contribution in [0.3, 0.4) is 0 Å². The Hall–Kier alpha value is -1.36. The molecule has 86 valence electrons. The van der Waals surface area contributed by atoms with Crippen LogP contribution in [-0.4, -0.2) is 37.7 Å². The highest BCUT2D eigenvalue weighted by Crippen LogP contribution is 2.18. The first-order chi connectivity index (χ1) is 7.84. The number of hydrogen-bond donors (Lipinski definition) is 2. The second-order valence-electron chi connectivity index (χ2n) is 4.51. The summed E-state index contributed by atoms with van der Waals surface area (Å²) in [6.45, 7) is 7.41. The second-order valence-corrected chi connectivity index (χ2v) is 4.51. The summed E-state index contributed by atoms with van der Waals surface area (Å²) in [5, 5.41) is 6.76. The van der Waals surface area contributed by atoms with E-state index in [9.17, 15) is 0 Å². The van der Waals surface area contributed by atoms with Crippen molar-refractivity contribution in [1.29, 1.82) is 0 Å². The quantitative estimate of drug-likeness (QED) is 0.641. The van der Waals surface area contributed by atoms with Crippen molar-refractivity contribution in [1.82, 2.24) is 10.3 Å². The van der Waals surface area contributed by atoms with Gasteiger partial charge in [-0.15, -0.1) is 0 Å². The lowest BCUT2D eigenvalue weighted by Gasteiger charge is -2.26. The Morgan fingerprint density at radius 1 is 1.44 bits per heavy atom. The van der Waals surface area contributed by atoms with E-state index < -0.39 is 0 Å². The molecule has 2 aliphatic heterocycles. The summed E-state index contributed by atoms with van der Waals surface area (Å²) in [4.78, 5) is 6.88. The Bertz CT molecular complexity index is 386. The Morgan fingerprint density at radius 3 is 3.06 bits per heavy atom. The van der Waals surface area contributed by atoms with Crippen LogP contribution in [0.5, 0.6) is 0 Å². The average Bonchev–Trinajstić information content (AvgIpc) is 2.72. The number of nitrogens with zero attached hydrogens (tertiary/aromatic N) is 3. The van der Waals surface area contributed by atoms with Gasteiger partial charge in [0.1, 0.15) is 6.04 Å². The molecule has 0 spiro atoms. The molecule has 0 aliphatic carbocycles. The van der Waals surface area contributed by atoms with Crippen LogP contribution in [0.4, 0.5) is 11.6 Å². The van der Waals surface area contributed by atoms with Crippen molar-refractivity contribution in [3.63, 3.8) is 0 Å². The molecule has 16 heavy (non-hydrogen) atoms. The summed E-state index contributed by atoms with van der Waals surface area (Å²) < 4.78 is 2.20. The lowest BCUT2D eigenvalue weighted by Crippen LogP contribution is -2.44. The van der Waals surface area contributed by atoms with Gasteiger partial charge >= 0.3 is 0 Å². The van der Waals surface area contributed by atoms with E-state index in [-0.39, 0.29) is 0 Å². The van der Waals surface area contributed by atoms with Crippen LogP contribution < -0.4 is 20.1 Å². The number of anilines is 2. The van der Waals surface area contributed by atoms with Gasteiger partial charge in [0.15, 0.2) is 0 Å². The molecule has 3 rings (SSSR count). The van der Waals surface area contributed by atoms with Gasteiger partial charge in [0, 0.05) is 26.2 Å². The first kappa shape index (κ1) is 9.84. The summed E-state index contributed by atoms with van der Waals surface area (Å²) in [7, 11) is 0. The Labute approximate surface area is 95.5 Å². The number of rotatable bonds is 1. The maximum atomic E-state index is 4.55. The Balaban J connectivity index is 1.86. The zero-order chi connectivity index (χ0) is 11.0. The highest BCUT2D eigenvalue weighted by molar-refractivity contribution is 5.47. The third-order valence-electron chi connectivity index (χ3n) is 3.35. The first-order valence-corrected chi connectivity index (χ1v) is 5.95. The molecule has 0 radical (unpaired) electrons. The summed E-state index contributed by atoms with van der Waals surface area (Å²) in [5.41, 5.74) is 0. The average molecular weight is 220 g/mol. The second kappa shape index (κ2) is 3.90. The van der Waals surface area contributed by atoms with E-state index in [1.165, 1.54) is 5.82 Å². The zero-order valence-electron chi connectivity index (χ0n) is 9.61. The molecular formula is C11H18N5+. The van der Waals surface area contributed by atoms with Gasteiger partial charge in [-0.25, -0.2) is 4.57 Å². The van der Waals surface area contributed by atoms with Gasteiger partial charge in [-0.1, -0.05) is 4.98 Å². The molecule has 1 saturated heterocycles. The fraction of sp³-hybridized carbons (Fsp3) is 0.636. The molecular weight excluding hydrogens is 202 g/mol.